The molecule has 0 amide bonds. The number of fused-ring (bicyclic) bond motifs is 1. The predicted octanol–water partition coefficient (Wildman–Crippen LogP) is 3.60. The van der Waals surface area contributed by atoms with Crippen LogP contribution in [0.2, 0.25) is 0 Å². The average Bonchev–Trinajstić information content (AvgIpc) is 3.22. The second-order valence-corrected chi connectivity index (χ2v) is 9.25. The Morgan fingerprint density at radius 1 is 1.03 bits per heavy atom. The molecule has 0 radical (unpaired) electrons. The highest BCUT2D eigenvalue weighted by molar-refractivity contribution is 7.07. The first-order chi connectivity index (χ1) is 18.0. The van der Waals surface area contributed by atoms with Crippen LogP contribution in [0.25, 0.3) is 6.08 Å². The number of methoxy groups -OCH3 is 3. The summed E-state index contributed by atoms with van der Waals surface area (Å²) in [5.41, 5.74) is 2.07. The summed E-state index contributed by atoms with van der Waals surface area (Å²) in [6, 6.07) is 12.1. The van der Waals surface area contributed by atoms with Gasteiger partial charge in [-0.05, 0) is 31.6 Å². The number of ether oxygens (including phenoxy) is 4. The maximum Gasteiger partial charge on any atom is 0.338 e. The van der Waals surface area contributed by atoms with Gasteiger partial charge in [-0.3, -0.25) is 9.36 Å². The fraction of sp³-hybridized carbons (Fsp3) is 0.321. The normalized spacial score (nSPS) is 15.2. The van der Waals surface area contributed by atoms with Crippen molar-refractivity contribution in [1.29, 1.82) is 0 Å². The molecule has 0 unspecified atom stereocenters. The van der Waals surface area contributed by atoms with Crippen molar-refractivity contribution in [3.63, 3.8) is 0 Å². The highest BCUT2D eigenvalue weighted by Crippen LogP contribution is 2.37. The highest BCUT2D eigenvalue weighted by Gasteiger charge is 2.35. The summed E-state index contributed by atoms with van der Waals surface area (Å²) in [6.45, 7) is 3.99. The Balaban J connectivity index is 2.04. The number of hydrogen-bond donors (Lipinski definition) is 0. The van der Waals surface area contributed by atoms with Gasteiger partial charge in [0.2, 0.25) is 0 Å². The Kier molecular flexibility index (Phi) is 8.13. The zero-order valence-electron chi connectivity index (χ0n) is 21.6. The molecule has 9 heteroatoms. The molecular weight excluding hydrogens is 492 g/mol. The summed E-state index contributed by atoms with van der Waals surface area (Å²) in [7, 11) is 4.69. The van der Waals surface area contributed by atoms with E-state index in [1.165, 1.54) is 11.3 Å². The van der Waals surface area contributed by atoms with Crippen molar-refractivity contribution in [2.75, 3.05) is 27.9 Å². The summed E-state index contributed by atoms with van der Waals surface area (Å²) in [4.78, 5) is 32.5. The first-order valence-corrected chi connectivity index (χ1v) is 12.9. The van der Waals surface area contributed by atoms with Crippen molar-refractivity contribution < 1.29 is 23.7 Å². The minimum Gasteiger partial charge on any atom is -0.496 e. The Hall–Kier alpha value is -3.85. The molecule has 0 fully saturated rings. The summed E-state index contributed by atoms with van der Waals surface area (Å²) in [5.74, 6) is 1.16. The number of carbonyl (C=O) groups is 1. The van der Waals surface area contributed by atoms with E-state index >= 15 is 0 Å². The van der Waals surface area contributed by atoms with Crippen LogP contribution >= 0.6 is 11.3 Å². The molecule has 0 N–H and O–H groups in total. The van der Waals surface area contributed by atoms with Gasteiger partial charge in [0.1, 0.15) is 11.8 Å². The van der Waals surface area contributed by atoms with E-state index in [1.807, 2.05) is 43.3 Å². The molecule has 2 heterocycles. The fourth-order valence-corrected chi connectivity index (χ4v) is 5.49. The lowest BCUT2D eigenvalue weighted by molar-refractivity contribution is -0.139. The summed E-state index contributed by atoms with van der Waals surface area (Å²) in [5, 5.41) is 0. The number of hydrogen-bond acceptors (Lipinski definition) is 8. The van der Waals surface area contributed by atoms with Gasteiger partial charge in [-0.25, -0.2) is 9.79 Å². The van der Waals surface area contributed by atoms with Gasteiger partial charge in [0.05, 0.1) is 43.7 Å². The Labute approximate surface area is 219 Å². The third-order valence-electron chi connectivity index (χ3n) is 6.05. The van der Waals surface area contributed by atoms with Gasteiger partial charge in [-0.15, -0.1) is 0 Å². The molecule has 37 heavy (non-hydrogen) atoms. The average molecular weight is 523 g/mol. The number of thiazole rings is 1. The van der Waals surface area contributed by atoms with E-state index in [4.69, 9.17) is 23.9 Å². The zero-order chi connectivity index (χ0) is 26.5. The van der Waals surface area contributed by atoms with Crippen molar-refractivity contribution in [2.24, 2.45) is 4.99 Å². The first kappa shape index (κ1) is 26.2. The Morgan fingerprint density at radius 2 is 1.76 bits per heavy atom. The van der Waals surface area contributed by atoms with Crippen LogP contribution in [0.4, 0.5) is 0 Å². The smallest absolute Gasteiger partial charge is 0.338 e. The van der Waals surface area contributed by atoms with E-state index in [0.717, 1.165) is 6.42 Å². The lowest BCUT2D eigenvalue weighted by atomic mass is 9.93. The Bertz CT molecular complexity index is 1520. The quantitative estimate of drug-likeness (QED) is 0.399. The first-order valence-electron chi connectivity index (χ1n) is 12.0. The van der Waals surface area contributed by atoms with Crippen LogP contribution in [0, 0.1) is 0 Å². The van der Waals surface area contributed by atoms with Crippen LogP contribution in [0.1, 0.15) is 43.9 Å². The molecule has 194 valence electrons. The molecule has 1 atom stereocenters. The van der Waals surface area contributed by atoms with E-state index in [-0.39, 0.29) is 12.2 Å². The van der Waals surface area contributed by atoms with Crippen LogP contribution in [0.15, 0.2) is 63.5 Å². The lowest BCUT2D eigenvalue weighted by Gasteiger charge is -2.26. The van der Waals surface area contributed by atoms with Gasteiger partial charge in [0.25, 0.3) is 5.56 Å². The van der Waals surface area contributed by atoms with E-state index in [1.54, 1.807) is 45.0 Å². The van der Waals surface area contributed by atoms with Crippen LogP contribution < -0.4 is 29.1 Å². The summed E-state index contributed by atoms with van der Waals surface area (Å²) in [6.07, 6.45) is 3.10. The van der Waals surface area contributed by atoms with Crippen LogP contribution in [0.3, 0.4) is 0 Å². The fourth-order valence-electron chi connectivity index (χ4n) is 4.47. The van der Waals surface area contributed by atoms with Crippen molar-refractivity contribution in [1.82, 2.24) is 4.57 Å². The number of esters is 1. The minimum absolute atomic E-state index is 0.209. The van der Waals surface area contributed by atoms with Crippen LogP contribution in [0.5, 0.6) is 17.2 Å². The summed E-state index contributed by atoms with van der Waals surface area (Å²) < 4.78 is 24.1. The number of aromatic nitrogens is 1. The molecule has 0 aliphatic carbocycles. The Morgan fingerprint density at radius 3 is 2.43 bits per heavy atom. The van der Waals surface area contributed by atoms with Crippen molar-refractivity contribution >= 4 is 23.4 Å². The lowest BCUT2D eigenvalue weighted by Crippen LogP contribution is -2.40. The zero-order valence-corrected chi connectivity index (χ0v) is 22.4. The van der Waals surface area contributed by atoms with Gasteiger partial charge in [-0.1, -0.05) is 55.0 Å². The maximum atomic E-state index is 13.9. The number of carbonyl (C=O) groups excluding carboxylic acids is 1. The molecular formula is C28H30N2O6S. The minimum atomic E-state index is -0.748. The molecule has 0 bridgehead atoms. The number of rotatable bonds is 9. The molecule has 0 saturated heterocycles. The second-order valence-electron chi connectivity index (χ2n) is 8.24. The molecule has 1 aliphatic heterocycles. The monoisotopic (exact) mass is 522 g/mol. The van der Waals surface area contributed by atoms with Gasteiger partial charge in [-0.2, -0.15) is 0 Å². The van der Waals surface area contributed by atoms with E-state index in [0.29, 0.717) is 55.4 Å². The van der Waals surface area contributed by atoms with Crippen molar-refractivity contribution in [3.8, 4) is 17.2 Å². The molecule has 1 aliphatic rings. The number of allylic oxidation sites excluding steroid dienone is 1. The van der Waals surface area contributed by atoms with Gasteiger partial charge < -0.3 is 18.9 Å². The third kappa shape index (κ3) is 4.91. The summed E-state index contributed by atoms with van der Waals surface area (Å²) >= 11 is 1.26. The predicted molar refractivity (Wildman–Crippen MR) is 142 cm³/mol. The van der Waals surface area contributed by atoms with Crippen LogP contribution in [-0.4, -0.2) is 38.5 Å². The van der Waals surface area contributed by atoms with Crippen LogP contribution in [-0.2, 0) is 9.53 Å². The van der Waals surface area contributed by atoms with E-state index < -0.39 is 12.0 Å². The van der Waals surface area contributed by atoms with Crippen molar-refractivity contribution in [3.05, 3.63) is 84.5 Å². The number of nitrogens with zero attached hydrogens (tertiary/aromatic N) is 2. The standard InChI is InChI=1S/C28H30N2O6S/c1-6-11-19-23(27(32)36-7-2)24(18-13-8-9-14-20(18)33-3)30-26(31)22(37-28(30)29-19)16-17-12-10-15-21(34-4)25(17)35-5/h8-10,12-16,24H,6-7,11H2,1-5H3/t24-/m1/s1. The third-order valence-corrected chi connectivity index (χ3v) is 7.03. The highest BCUT2D eigenvalue weighted by atomic mass is 32.1. The number of para-hydroxylation sites is 2. The SMILES string of the molecule is CCCC1=C(C(=O)OCC)[C@@H](c2ccccc2OC)n2c(sc(=Cc3cccc(OC)c3OC)c2=O)=N1. The molecule has 4 rings (SSSR count). The second kappa shape index (κ2) is 11.5. The molecule has 1 aromatic heterocycles. The molecule has 8 nitrogen and oxygen atoms in total. The molecule has 2 aromatic carbocycles. The molecule has 3 aromatic rings. The van der Waals surface area contributed by atoms with E-state index in [2.05, 4.69) is 0 Å². The number of benzene rings is 2. The van der Waals surface area contributed by atoms with E-state index in [9.17, 15) is 9.59 Å². The topological polar surface area (TPSA) is 88.4 Å². The molecule has 0 saturated carbocycles. The van der Waals surface area contributed by atoms with Gasteiger partial charge in [0, 0.05) is 11.1 Å². The van der Waals surface area contributed by atoms with Gasteiger partial charge >= 0.3 is 5.97 Å². The van der Waals surface area contributed by atoms with Crippen molar-refractivity contribution in [2.45, 2.75) is 32.7 Å². The largest absolute Gasteiger partial charge is 0.496 e. The van der Waals surface area contributed by atoms with Gasteiger partial charge in [0.15, 0.2) is 16.3 Å². The molecule has 0 spiro atoms. The maximum absolute atomic E-state index is 13.9.